The van der Waals surface area contributed by atoms with Gasteiger partial charge >= 0.3 is 44.5 Å². The quantitative estimate of drug-likeness (QED) is 0.448. The van der Waals surface area contributed by atoms with Crippen LogP contribution in [-0.4, -0.2) is 13.0 Å². The van der Waals surface area contributed by atoms with Gasteiger partial charge in [0.05, 0.1) is 0 Å². The summed E-state index contributed by atoms with van der Waals surface area (Å²) in [5.41, 5.74) is 0. The van der Waals surface area contributed by atoms with Crippen molar-refractivity contribution in [3.05, 3.63) is 0 Å². The molecule has 0 heterocycles. The first-order chi connectivity index (χ1) is 2.56. The second-order valence-corrected chi connectivity index (χ2v) is 4.93. The summed E-state index contributed by atoms with van der Waals surface area (Å²) in [5, 5.41) is 0. The van der Waals surface area contributed by atoms with Crippen LogP contribution in [0.1, 0.15) is 0 Å². The summed E-state index contributed by atoms with van der Waals surface area (Å²) in [6.07, 6.45) is 0. The van der Waals surface area contributed by atoms with Gasteiger partial charge in [-0.25, -0.2) is 0 Å². The summed E-state index contributed by atoms with van der Waals surface area (Å²) < 4.78 is 26.5. The summed E-state index contributed by atoms with van der Waals surface area (Å²) in [6.45, 7) is 0. The van der Waals surface area contributed by atoms with Crippen molar-refractivity contribution in [2.45, 2.75) is 0 Å². The molecule has 0 bridgehead atoms. The van der Waals surface area contributed by atoms with Crippen molar-refractivity contribution in [2.75, 3.05) is 0 Å². The van der Waals surface area contributed by atoms with Gasteiger partial charge in [0.1, 0.15) is 0 Å². The Labute approximate surface area is 44.9 Å². The molecule has 0 fully saturated rings. The van der Waals surface area contributed by atoms with E-state index >= 15 is 0 Å². The van der Waals surface area contributed by atoms with Crippen LogP contribution in [0, 0.1) is 0 Å². The minimum absolute atomic E-state index is 0.729. The Bertz CT molecular complexity index is 113. The Balaban J connectivity index is 3.85. The van der Waals surface area contributed by atoms with Gasteiger partial charge in [-0.2, -0.15) is 0 Å². The molecule has 0 aromatic rings. The molecule has 0 saturated carbocycles. The van der Waals surface area contributed by atoms with Gasteiger partial charge < -0.3 is 0 Å². The predicted molar refractivity (Wildman–Crippen MR) is 17.4 cm³/mol. The van der Waals surface area contributed by atoms with Crippen molar-refractivity contribution < 1.29 is 25.9 Å². The SMILES string of the molecule is O=[S](=O)(O)[Fe][Cl]. The van der Waals surface area contributed by atoms with Crippen LogP contribution in [0.5, 0.6) is 0 Å². The Morgan fingerprint density at radius 3 is 1.83 bits per heavy atom. The summed E-state index contributed by atoms with van der Waals surface area (Å²) in [4.78, 5) is 0. The molecule has 6 heteroatoms. The molecule has 0 unspecified atom stereocenters. The van der Waals surface area contributed by atoms with Crippen molar-refractivity contribution in [3.8, 4) is 0 Å². The molecule has 0 aliphatic heterocycles. The Hall–Kier alpha value is 0.719. The van der Waals surface area contributed by atoms with Crippen molar-refractivity contribution in [3.63, 3.8) is 0 Å². The first kappa shape index (κ1) is 6.72. The fraction of sp³-hybridized carbons (Fsp3) is 0. The maximum atomic E-state index is 9.42. The fourth-order valence-corrected chi connectivity index (χ4v) is 0. The average molecular weight is 172 g/mol. The van der Waals surface area contributed by atoms with Crippen molar-refractivity contribution in [1.29, 1.82) is 0 Å². The van der Waals surface area contributed by atoms with E-state index in [4.69, 9.17) is 4.55 Å². The van der Waals surface area contributed by atoms with E-state index in [1.54, 1.807) is 0 Å². The van der Waals surface area contributed by atoms with Gasteiger partial charge in [-0.3, -0.25) is 0 Å². The summed E-state index contributed by atoms with van der Waals surface area (Å²) in [6, 6.07) is 0. The second-order valence-electron chi connectivity index (χ2n) is 0.454. The third-order valence-corrected chi connectivity index (χ3v) is 2.56. The molecular formula is HClFeO3S. The van der Waals surface area contributed by atoms with E-state index < -0.39 is 21.5 Å². The van der Waals surface area contributed by atoms with E-state index in [-0.39, 0.29) is 0 Å². The van der Waals surface area contributed by atoms with Crippen molar-refractivity contribution in [1.82, 2.24) is 0 Å². The van der Waals surface area contributed by atoms with Gasteiger partial charge in [0.25, 0.3) is 0 Å². The van der Waals surface area contributed by atoms with Crippen LogP contribution < -0.4 is 0 Å². The monoisotopic (exact) mass is 172 g/mol. The van der Waals surface area contributed by atoms with Crippen molar-refractivity contribution >= 4 is 18.6 Å². The minimum atomic E-state index is -3.90. The van der Waals surface area contributed by atoms with E-state index in [0.29, 0.717) is 0 Å². The third kappa shape index (κ3) is 4.72. The Morgan fingerprint density at radius 2 is 1.83 bits per heavy atom. The molecular weight excluding hydrogens is 171 g/mol. The maximum absolute atomic E-state index is 9.42. The van der Waals surface area contributed by atoms with Gasteiger partial charge in [-0.05, 0) is 0 Å². The van der Waals surface area contributed by atoms with E-state index in [1.165, 1.54) is 0 Å². The number of rotatable bonds is 1. The van der Waals surface area contributed by atoms with Gasteiger partial charge in [0.15, 0.2) is 0 Å². The number of halogens is 1. The molecule has 0 aliphatic rings. The Kier molecular flexibility index (Phi) is 2.39. The summed E-state index contributed by atoms with van der Waals surface area (Å²) in [7, 11) is 0.743. The Morgan fingerprint density at radius 1 is 1.67 bits per heavy atom. The molecule has 40 valence electrons. The van der Waals surface area contributed by atoms with Crippen LogP contribution >= 0.6 is 10.1 Å². The molecule has 0 rings (SSSR count). The van der Waals surface area contributed by atoms with Crippen LogP contribution in [0.3, 0.4) is 0 Å². The molecule has 1 N–H and O–H groups in total. The predicted octanol–water partition coefficient (Wildman–Crippen LogP) is 0.0255. The molecule has 0 radical (unpaired) electrons. The standard InChI is InChI=1S/ClH.Fe.HO3S/c;;1-4(2)3/h1H;;(H,1,2,3)/q;+1;/p-1. The van der Waals surface area contributed by atoms with Crippen LogP contribution in [0.2, 0.25) is 0 Å². The zero-order valence-corrected chi connectivity index (χ0v) is 5.08. The van der Waals surface area contributed by atoms with Gasteiger partial charge in [0.2, 0.25) is 0 Å². The molecule has 0 aromatic carbocycles. The number of hydrogen-bond acceptors (Lipinski definition) is 2. The average Bonchev–Trinajstić information content (AvgIpc) is 1.35. The first-order valence-electron chi connectivity index (χ1n) is 0.794. The van der Waals surface area contributed by atoms with Crippen molar-refractivity contribution in [2.24, 2.45) is 0 Å². The fourth-order valence-electron chi connectivity index (χ4n) is 0. The molecule has 6 heavy (non-hydrogen) atoms. The first-order valence-corrected chi connectivity index (χ1v) is 4.99. The van der Waals surface area contributed by atoms with E-state index in [2.05, 4.69) is 10.1 Å². The molecule has 0 spiro atoms. The summed E-state index contributed by atoms with van der Waals surface area (Å²) >= 11 is -0.729. The second kappa shape index (κ2) is 2.14. The topological polar surface area (TPSA) is 54.4 Å². The van der Waals surface area contributed by atoms with Crippen LogP contribution in [0.15, 0.2) is 0 Å². The molecule has 0 saturated heterocycles. The molecule has 0 atom stereocenters. The molecule has 0 aromatic heterocycles. The van der Waals surface area contributed by atoms with E-state index in [9.17, 15) is 8.42 Å². The zero-order valence-electron chi connectivity index (χ0n) is 2.40. The van der Waals surface area contributed by atoms with E-state index in [1.807, 2.05) is 0 Å². The van der Waals surface area contributed by atoms with Crippen LogP contribution in [0.4, 0.5) is 0 Å². The van der Waals surface area contributed by atoms with Crippen LogP contribution in [-0.2, 0) is 21.5 Å². The van der Waals surface area contributed by atoms with Gasteiger partial charge in [0, 0.05) is 0 Å². The molecule has 0 amide bonds. The number of hydrogen-bond donors (Lipinski definition) is 1. The molecule has 3 nitrogen and oxygen atoms in total. The van der Waals surface area contributed by atoms with E-state index in [0.717, 1.165) is 0 Å². The van der Waals surface area contributed by atoms with Crippen LogP contribution in [0.25, 0.3) is 0 Å². The normalized spacial score (nSPS) is 12.3. The zero-order chi connectivity index (χ0) is 5.21. The molecule has 0 aliphatic carbocycles. The third-order valence-electron chi connectivity index (χ3n) is 0.0689. The van der Waals surface area contributed by atoms with Gasteiger partial charge in [-0.15, -0.1) is 0 Å². The summed E-state index contributed by atoms with van der Waals surface area (Å²) in [5.74, 6) is 0. The van der Waals surface area contributed by atoms with Gasteiger partial charge in [-0.1, -0.05) is 0 Å².